The Balaban J connectivity index is 1.13. The van der Waals surface area contributed by atoms with Crippen molar-refractivity contribution in [2.24, 2.45) is 28.9 Å². The third-order valence-electron chi connectivity index (χ3n) is 12.5. The summed E-state index contributed by atoms with van der Waals surface area (Å²) in [4.78, 5) is 105. The molecule has 1 fully saturated rings. The zero-order valence-corrected chi connectivity index (χ0v) is 41.4. The summed E-state index contributed by atoms with van der Waals surface area (Å²) >= 11 is 0. The second-order valence-corrected chi connectivity index (χ2v) is 18.2. The first kappa shape index (κ1) is 57.3. The number of carbonyl (C=O) groups is 8. The molecule has 21 heteroatoms. The van der Waals surface area contributed by atoms with Crippen LogP contribution in [0.15, 0.2) is 60.9 Å². The Morgan fingerprint density at radius 3 is 1.94 bits per heavy atom. The van der Waals surface area contributed by atoms with Crippen LogP contribution >= 0.6 is 0 Å². The molecule has 0 spiro atoms. The van der Waals surface area contributed by atoms with Gasteiger partial charge in [-0.1, -0.05) is 32.9 Å². The van der Waals surface area contributed by atoms with E-state index in [1.165, 1.54) is 12.2 Å². The average Bonchev–Trinajstić information content (AvgIpc) is 3.66. The van der Waals surface area contributed by atoms with Gasteiger partial charge in [-0.3, -0.25) is 38.7 Å². The number of nitrogens with one attached hydrogen (secondary N) is 5. The maximum absolute atomic E-state index is 13.7. The van der Waals surface area contributed by atoms with Crippen LogP contribution in [0.1, 0.15) is 84.6 Å². The quantitative estimate of drug-likeness (QED) is 0.0446. The number of urea groups is 1. The summed E-state index contributed by atoms with van der Waals surface area (Å²) in [5, 5.41) is 14.1. The molecule has 0 saturated heterocycles. The van der Waals surface area contributed by atoms with Gasteiger partial charge in [-0.2, -0.15) is 0 Å². The molecule has 21 nitrogen and oxygen atoms in total. The Hall–Kier alpha value is -6.29. The van der Waals surface area contributed by atoms with E-state index in [1.54, 1.807) is 62.6 Å². The third-order valence-corrected chi connectivity index (χ3v) is 12.5. The molecule has 8 amide bonds. The maximum Gasteiger partial charge on any atom is 0.407 e. The smallest absolute Gasteiger partial charge is 0.407 e. The van der Waals surface area contributed by atoms with Gasteiger partial charge < -0.3 is 56.0 Å². The zero-order chi connectivity index (χ0) is 51.6. The van der Waals surface area contributed by atoms with Crippen molar-refractivity contribution in [3.63, 3.8) is 0 Å². The van der Waals surface area contributed by atoms with Crippen LogP contribution in [0.4, 0.5) is 21.0 Å². The average molecular weight is 993 g/mol. The minimum Gasteiger partial charge on any atom is -0.445 e. The van der Waals surface area contributed by atoms with Gasteiger partial charge in [0.25, 0.3) is 11.8 Å². The molecular weight excluding hydrogens is 921 g/mol. The molecular formula is C50H72N8O13. The fraction of sp³-hybridized carbons (Fsp3) is 0.580. The molecule has 390 valence electrons. The number of benzene rings is 1. The van der Waals surface area contributed by atoms with Crippen LogP contribution in [0.25, 0.3) is 0 Å². The zero-order valence-electron chi connectivity index (χ0n) is 41.4. The maximum atomic E-state index is 13.7. The Morgan fingerprint density at radius 1 is 0.775 bits per heavy atom. The third kappa shape index (κ3) is 20.9. The highest BCUT2D eigenvalue weighted by molar-refractivity contribution is 6.12. The lowest BCUT2D eigenvalue weighted by Crippen LogP contribution is -2.47. The fourth-order valence-electron chi connectivity index (χ4n) is 7.98. The van der Waals surface area contributed by atoms with E-state index in [4.69, 9.17) is 29.4 Å². The number of hydrogen-bond donors (Lipinski definition) is 6. The Morgan fingerprint density at radius 2 is 1.35 bits per heavy atom. The summed E-state index contributed by atoms with van der Waals surface area (Å²) in [6, 6.07) is 8.51. The van der Waals surface area contributed by atoms with E-state index in [2.05, 4.69) is 38.5 Å². The number of anilines is 2. The molecule has 4 rings (SSSR count). The summed E-state index contributed by atoms with van der Waals surface area (Å²) in [5.74, 6) is -3.03. The summed E-state index contributed by atoms with van der Waals surface area (Å²) in [7, 11) is 0. The van der Waals surface area contributed by atoms with Gasteiger partial charge in [0.15, 0.2) is 5.78 Å². The molecule has 1 aliphatic heterocycles. The second kappa shape index (κ2) is 30.4. The number of nitrogens with two attached hydrogens (primary N) is 1. The molecule has 0 bridgehead atoms. The van der Waals surface area contributed by atoms with Gasteiger partial charge in [-0.25, -0.2) is 9.59 Å². The van der Waals surface area contributed by atoms with Crippen LogP contribution in [0.3, 0.4) is 0 Å². The number of pyridine rings is 1. The van der Waals surface area contributed by atoms with Crippen LogP contribution in [0, 0.1) is 23.2 Å². The van der Waals surface area contributed by atoms with Crippen LogP contribution in [-0.2, 0) is 59.1 Å². The van der Waals surface area contributed by atoms with E-state index >= 15 is 0 Å². The van der Waals surface area contributed by atoms with Crippen molar-refractivity contribution in [3.05, 3.63) is 66.5 Å². The number of ketones is 1. The number of ether oxygens (including phenoxy) is 5. The predicted molar refractivity (Wildman–Crippen MR) is 261 cm³/mol. The van der Waals surface area contributed by atoms with Crippen molar-refractivity contribution in [1.82, 2.24) is 25.8 Å². The number of primary amides is 1. The van der Waals surface area contributed by atoms with Crippen molar-refractivity contribution in [2.75, 3.05) is 76.6 Å². The van der Waals surface area contributed by atoms with E-state index in [9.17, 15) is 38.4 Å². The molecule has 71 heavy (non-hydrogen) atoms. The molecule has 3 atom stereocenters. The van der Waals surface area contributed by atoms with Crippen LogP contribution < -0.4 is 32.3 Å². The van der Waals surface area contributed by atoms with Gasteiger partial charge in [0, 0.05) is 73.2 Å². The number of imide groups is 1. The first-order valence-electron chi connectivity index (χ1n) is 24.3. The minimum atomic E-state index is -0.861. The van der Waals surface area contributed by atoms with E-state index in [0.29, 0.717) is 62.6 Å². The molecule has 1 aromatic carbocycles. The molecule has 1 aliphatic carbocycles. The number of rotatable bonds is 32. The highest BCUT2D eigenvalue weighted by Gasteiger charge is 2.39. The number of amides is 8. The number of hydrogen-bond acceptors (Lipinski definition) is 14. The van der Waals surface area contributed by atoms with Gasteiger partial charge in [0.05, 0.1) is 65.4 Å². The number of Topliss-reactive ketones (excluding diaryl/α,β-unsaturated/α-hetero) is 1. The first-order chi connectivity index (χ1) is 34.0. The Labute approximate surface area is 415 Å². The SMILES string of the molecule is CC(C)[C@H](NC(=O)CCOCCOCCOCCOCCN1C(=O)C=CC1=O)C(=O)C[C@@H](CCCNC(N)=O)C(=O)Nc1ccc(COC(=O)N[C@H](C)C2(C)CCC(C(=O)Nc3ccncc3)CC2)cc1. The first-order valence-corrected chi connectivity index (χ1v) is 24.3. The molecule has 2 aliphatic rings. The lowest BCUT2D eigenvalue weighted by Gasteiger charge is -2.41. The highest BCUT2D eigenvalue weighted by atomic mass is 16.6. The van der Waals surface area contributed by atoms with Gasteiger partial charge in [0.1, 0.15) is 6.61 Å². The monoisotopic (exact) mass is 993 g/mol. The summed E-state index contributed by atoms with van der Waals surface area (Å²) in [5.41, 5.74) is 6.85. The predicted octanol–water partition coefficient (Wildman–Crippen LogP) is 4.02. The van der Waals surface area contributed by atoms with E-state index in [1.807, 2.05) is 6.92 Å². The number of aromatic nitrogens is 1. The van der Waals surface area contributed by atoms with Gasteiger partial charge in [0.2, 0.25) is 17.7 Å². The fourth-order valence-corrected chi connectivity index (χ4v) is 7.98. The standard InChI is InChI=1S/C50H72N8O13/c1-34(2)45(57-42(60)17-24-67-26-28-69-30-31-70-29-27-68-25-23-58-43(61)11-12-44(58)62)41(59)32-38(6-5-20-53-48(51)65)47(64)55-39-9-7-36(8-10-39)33-71-49(66)54-35(3)50(4)18-13-37(14-19-50)46(63)56-40-15-21-52-22-16-40/h7-12,15-16,21-22,34-35,37-38,45H,5-6,13-14,17-20,23-33H2,1-4H3,(H,54,66)(H,55,64)(H,57,60)(H3,51,53,65)(H,52,56,63)/t35-,37?,38-,45+,50?/m1/s1. The molecule has 2 heterocycles. The summed E-state index contributed by atoms with van der Waals surface area (Å²) in [6.07, 6.45) is 8.51. The van der Waals surface area contributed by atoms with Crippen molar-refractivity contribution >= 4 is 58.8 Å². The molecule has 0 unspecified atom stereocenters. The van der Waals surface area contributed by atoms with Gasteiger partial charge in [-0.15, -0.1) is 0 Å². The van der Waals surface area contributed by atoms with Gasteiger partial charge >= 0.3 is 12.1 Å². The van der Waals surface area contributed by atoms with E-state index in [0.717, 1.165) is 17.7 Å². The van der Waals surface area contributed by atoms with Crippen LogP contribution in [-0.4, -0.2) is 135 Å². The molecule has 0 radical (unpaired) electrons. The Kier molecular flexibility index (Phi) is 24.6. The molecule has 1 aromatic heterocycles. The highest BCUT2D eigenvalue weighted by Crippen LogP contribution is 2.41. The second-order valence-electron chi connectivity index (χ2n) is 18.2. The number of alkyl carbamates (subject to hydrolysis) is 1. The van der Waals surface area contributed by atoms with Crippen molar-refractivity contribution in [2.45, 2.75) is 97.8 Å². The lowest BCUT2D eigenvalue weighted by molar-refractivity contribution is -0.137. The Bertz CT molecular complexity index is 2060. The molecule has 1 saturated carbocycles. The van der Waals surface area contributed by atoms with Crippen molar-refractivity contribution in [1.29, 1.82) is 0 Å². The normalized spacial score (nSPS) is 17.8. The van der Waals surface area contributed by atoms with E-state index in [-0.39, 0.29) is 118 Å². The van der Waals surface area contributed by atoms with E-state index < -0.39 is 30.0 Å². The minimum absolute atomic E-state index is 0.000751. The molecule has 2 aromatic rings. The number of nitrogens with zero attached hydrogens (tertiary/aromatic N) is 2. The summed E-state index contributed by atoms with van der Waals surface area (Å²) < 4.78 is 27.4. The lowest BCUT2D eigenvalue weighted by atomic mass is 9.68. The van der Waals surface area contributed by atoms with Gasteiger partial charge in [-0.05, 0) is 86.6 Å². The molecule has 7 N–H and O–H groups in total. The number of carbonyl (C=O) groups excluding carboxylic acids is 8. The largest absolute Gasteiger partial charge is 0.445 e. The topological polar surface area (TPSA) is 285 Å². The van der Waals surface area contributed by atoms with Crippen LogP contribution in [0.2, 0.25) is 0 Å². The van der Waals surface area contributed by atoms with Crippen LogP contribution in [0.5, 0.6) is 0 Å². The van der Waals surface area contributed by atoms with Crippen molar-refractivity contribution < 1.29 is 62.0 Å². The summed E-state index contributed by atoms with van der Waals surface area (Å²) in [6.45, 7) is 10.1. The van der Waals surface area contributed by atoms with Crippen molar-refractivity contribution in [3.8, 4) is 0 Å².